The van der Waals surface area contributed by atoms with Crippen LogP contribution in [0.5, 0.6) is 0 Å². The summed E-state index contributed by atoms with van der Waals surface area (Å²) in [6.07, 6.45) is 7.41. The Balaban J connectivity index is 1.58. The fraction of sp³-hybridized carbons (Fsp3) is 0.333. The Morgan fingerprint density at radius 2 is 2.09 bits per heavy atom. The van der Waals surface area contributed by atoms with E-state index >= 15 is 0 Å². The van der Waals surface area contributed by atoms with Gasteiger partial charge in [0.15, 0.2) is 5.82 Å². The zero-order valence-electron chi connectivity index (χ0n) is 18.8. The van der Waals surface area contributed by atoms with Gasteiger partial charge in [0, 0.05) is 63.0 Å². The molecule has 0 saturated heterocycles. The summed E-state index contributed by atoms with van der Waals surface area (Å²) in [5, 5.41) is 10.7. The maximum atomic E-state index is 13.5. The molecule has 0 spiro atoms. The lowest BCUT2D eigenvalue weighted by atomic mass is 10.1. The van der Waals surface area contributed by atoms with E-state index in [1.807, 2.05) is 61.2 Å². The zero-order chi connectivity index (χ0) is 22.5. The van der Waals surface area contributed by atoms with Gasteiger partial charge in [0.1, 0.15) is 0 Å². The summed E-state index contributed by atoms with van der Waals surface area (Å²) in [6, 6.07) is 8.10. The molecule has 0 radical (unpaired) electrons. The molecule has 8 nitrogen and oxygen atoms in total. The molecule has 0 aliphatic carbocycles. The van der Waals surface area contributed by atoms with Gasteiger partial charge in [-0.3, -0.25) is 9.48 Å². The number of carbonyl (C=O) groups is 1. The number of anilines is 1. The van der Waals surface area contributed by atoms with E-state index in [9.17, 15) is 4.79 Å². The van der Waals surface area contributed by atoms with E-state index in [2.05, 4.69) is 43.5 Å². The molecule has 2 aromatic rings. The number of rotatable bonds is 7. The fourth-order valence-electron chi connectivity index (χ4n) is 3.85. The maximum Gasteiger partial charge on any atom is 0.262 e. The minimum Gasteiger partial charge on any atom is -0.372 e. The molecule has 8 heteroatoms. The van der Waals surface area contributed by atoms with Crippen LogP contribution in [0, 0.1) is 0 Å². The average molecular weight is 432 g/mol. The first kappa shape index (κ1) is 21.6. The molecule has 0 fully saturated rings. The first-order valence-electron chi connectivity index (χ1n) is 10.9. The lowest BCUT2D eigenvalue weighted by Gasteiger charge is -2.22. The number of amides is 1. The molecular weight excluding hydrogens is 402 g/mol. The molecule has 0 saturated carbocycles. The molecule has 2 N–H and O–H groups in total. The Morgan fingerprint density at radius 1 is 1.22 bits per heavy atom. The van der Waals surface area contributed by atoms with E-state index in [1.165, 1.54) is 0 Å². The van der Waals surface area contributed by atoms with Crippen molar-refractivity contribution in [1.82, 2.24) is 25.3 Å². The molecule has 0 atom stereocenters. The van der Waals surface area contributed by atoms with E-state index < -0.39 is 0 Å². The second-order valence-corrected chi connectivity index (χ2v) is 7.85. The first-order valence-corrected chi connectivity index (χ1v) is 10.9. The third kappa shape index (κ3) is 4.66. The largest absolute Gasteiger partial charge is 0.372 e. The Hall–Kier alpha value is -3.61. The highest BCUT2D eigenvalue weighted by molar-refractivity contribution is 6.20. The van der Waals surface area contributed by atoms with Crippen molar-refractivity contribution in [2.45, 2.75) is 20.0 Å². The van der Waals surface area contributed by atoms with Crippen LogP contribution in [0.3, 0.4) is 0 Å². The van der Waals surface area contributed by atoms with E-state index in [0.717, 1.165) is 35.6 Å². The molecule has 1 aromatic heterocycles. The maximum absolute atomic E-state index is 13.5. The van der Waals surface area contributed by atoms with Crippen LogP contribution in [-0.2, 0) is 17.9 Å². The Labute approximate surface area is 188 Å². The first-order chi connectivity index (χ1) is 15.6. The number of nitrogens with one attached hydrogen (secondary N) is 2. The van der Waals surface area contributed by atoms with Crippen LogP contribution in [0.25, 0.3) is 0 Å². The predicted molar refractivity (Wildman–Crippen MR) is 126 cm³/mol. The second kappa shape index (κ2) is 9.68. The topological polar surface area (TPSA) is 77.8 Å². The van der Waals surface area contributed by atoms with Crippen LogP contribution in [0.2, 0.25) is 0 Å². The fourth-order valence-corrected chi connectivity index (χ4v) is 3.85. The number of likely N-dealkylation sites (N-methyl/N-ethyl adjacent to an activating group) is 1. The quantitative estimate of drug-likeness (QED) is 0.655. The van der Waals surface area contributed by atoms with Gasteiger partial charge in [0.2, 0.25) is 0 Å². The Bertz CT molecular complexity index is 1120. The minimum absolute atomic E-state index is 0.0588. The van der Waals surface area contributed by atoms with Crippen molar-refractivity contribution < 1.29 is 4.79 Å². The van der Waals surface area contributed by atoms with E-state index in [-0.39, 0.29) is 5.91 Å². The number of carbonyl (C=O) groups excluding carboxylic acids is 1. The molecule has 1 amide bonds. The van der Waals surface area contributed by atoms with Gasteiger partial charge in [-0.25, -0.2) is 4.99 Å². The van der Waals surface area contributed by atoms with Crippen molar-refractivity contribution in [3.05, 3.63) is 76.7 Å². The van der Waals surface area contributed by atoms with Crippen molar-refractivity contribution in [2.24, 2.45) is 4.99 Å². The second-order valence-electron chi connectivity index (χ2n) is 7.85. The van der Waals surface area contributed by atoms with Crippen molar-refractivity contribution in [3.8, 4) is 0 Å². The highest BCUT2D eigenvalue weighted by Crippen LogP contribution is 2.24. The van der Waals surface area contributed by atoms with Gasteiger partial charge in [-0.15, -0.1) is 0 Å². The van der Waals surface area contributed by atoms with Crippen molar-refractivity contribution in [2.75, 3.05) is 38.6 Å². The summed E-state index contributed by atoms with van der Waals surface area (Å²) in [6.45, 7) is 5.48. The molecule has 4 rings (SSSR count). The Kier molecular flexibility index (Phi) is 6.54. The smallest absolute Gasteiger partial charge is 0.262 e. The molecule has 166 valence electrons. The summed E-state index contributed by atoms with van der Waals surface area (Å²) < 4.78 is 1.92. The van der Waals surface area contributed by atoms with Crippen LogP contribution >= 0.6 is 0 Å². The lowest BCUT2D eigenvalue weighted by Crippen LogP contribution is -2.34. The molecule has 2 aliphatic rings. The number of hydrogen-bond donors (Lipinski definition) is 2. The highest BCUT2D eigenvalue weighted by atomic mass is 16.2. The van der Waals surface area contributed by atoms with Crippen molar-refractivity contribution in [1.29, 1.82) is 0 Å². The van der Waals surface area contributed by atoms with Gasteiger partial charge in [0.25, 0.3) is 5.91 Å². The van der Waals surface area contributed by atoms with Crippen LogP contribution < -0.4 is 15.5 Å². The van der Waals surface area contributed by atoms with Crippen molar-refractivity contribution >= 4 is 17.8 Å². The third-order valence-electron chi connectivity index (χ3n) is 5.47. The van der Waals surface area contributed by atoms with E-state index in [4.69, 9.17) is 0 Å². The molecule has 32 heavy (non-hydrogen) atoms. The molecule has 0 bridgehead atoms. The number of aromatic nitrogens is 2. The lowest BCUT2D eigenvalue weighted by molar-refractivity contribution is -0.114. The van der Waals surface area contributed by atoms with Crippen LogP contribution in [0.15, 0.2) is 70.5 Å². The zero-order valence-corrected chi connectivity index (χ0v) is 18.8. The van der Waals surface area contributed by atoms with E-state index in [1.54, 1.807) is 6.21 Å². The van der Waals surface area contributed by atoms with Gasteiger partial charge < -0.3 is 20.4 Å². The van der Waals surface area contributed by atoms with Gasteiger partial charge in [0.05, 0.1) is 24.0 Å². The molecule has 1 aromatic carbocycles. The number of allylic oxidation sites excluding steroid dienone is 1. The molecule has 2 aliphatic heterocycles. The Morgan fingerprint density at radius 3 is 2.91 bits per heavy atom. The molecular formula is C24H29N7O. The predicted octanol–water partition coefficient (Wildman–Crippen LogP) is 1.87. The summed E-state index contributed by atoms with van der Waals surface area (Å²) in [5.41, 5.74) is 7.66. The van der Waals surface area contributed by atoms with Gasteiger partial charge in [-0.1, -0.05) is 17.9 Å². The molecule has 3 heterocycles. The minimum atomic E-state index is -0.0588. The van der Waals surface area contributed by atoms with Gasteiger partial charge >= 0.3 is 0 Å². The summed E-state index contributed by atoms with van der Waals surface area (Å²) >= 11 is 0. The third-order valence-corrected chi connectivity index (χ3v) is 5.47. The monoisotopic (exact) mass is 431 g/mol. The van der Waals surface area contributed by atoms with Crippen LogP contribution in [0.1, 0.15) is 18.1 Å². The van der Waals surface area contributed by atoms with Gasteiger partial charge in [-0.2, -0.15) is 5.10 Å². The summed E-state index contributed by atoms with van der Waals surface area (Å²) in [5.74, 6) is 0.573. The number of hydrogen-bond acceptors (Lipinski definition) is 6. The number of benzene rings is 1. The van der Waals surface area contributed by atoms with Crippen molar-refractivity contribution in [3.63, 3.8) is 0 Å². The van der Waals surface area contributed by atoms with E-state index in [0.29, 0.717) is 31.0 Å². The standard InChI is InChI=1S/C24H29N7O/c1-4-26-23-9-8-22-21(15-27-23)24(32)31(11-10-29(22)3)20-7-5-6-18(12-20)16-30-17-19(13-25-2)14-28-30/h5-8,12,14-15,17,25-26H,4,10-11,13,16H2,1-3H3. The normalized spacial score (nSPS) is 16.1. The average Bonchev–Trinajstić information content (AvgIpc) is 3.05. The SMILES string of the molecule is CCNC1=C=CC2=C(C=N1)C(=O)N(c1cccc(Cn3cc(CNC)cn3)c1)CCN2C. The number of nitrogens with zero attached hydrogens (tertiary/aromatic N) is 5. The number of aliphatic imine (C=N–C) groups is 1. The van der Waals surface area contributed by atoms with Gasteiger partial charge in [-0.05, 0) is 31.7 Å². The summed E-state index contributed by atoms with van der Waals surface area (Å²) in [7, 11) is 3.91. The molecule has 0 unspecified atom stereocenters. The highest BCUT2D eigenvalue weighted by Gasteiger charge is 2.27. The summed E-state index contributed by atoms with van der Waals surface area (Å²) in [4.78, 5) is 21.9. The van der Waals surface area contributed by atoms with Crippen LogP contribution in [-0.4, -0.2) is 60.5 Å². The van der Waals surface area contributed by atoms with Crippen LogP contribution in [0.4, 0.5) is 5.69 Å².